The van der Waals surface area contributed by atoms with Crippen molar-refractivity contribution in [1.29, 1.82) is 0 Å². The highest BCUT2D eigenvalue weighted by atomic mass is 16.7. The maximum atomic E-state index is 11.2. The zero-order chi connectivity index (χ0) is 11.3. The predicted octanol–water partition coefficient (Wildman–Crippen LogP) is -1.19. The molecule has 1 aromatic rings. The number of nitrogen functional groups attached to an aromatic ring is 1. The van der Waals surface area contributed by atoms with Crippen LogP contribution in [0.1, 0.15) is 10.5 Å². The quantitative estimate of drug-likeness (QED) is 0.539. The molecule has 0 fully saturated rings. The maximum absolute atomic E-state index is 11.2. The molecule has 7 heteroatoms. The number of carbonyl (C=O) groups is 2. The Morgan fingerprint density at radius 2 is 2.20 bits per heavy atom. The molecule has 0 aromatic carbocycles. The third-order valence-corrected chi connectivity index (χ3v) is 1.40. The molecule has 7 nitrogen and oxygen atoms in total. The van der Waals surface area contributed by atoms with Crippen LogP contribution in [0.25, 0.3) is 0 Å². The van der Waals surface area contributed by atoms with Crippen molar-refractivity contribution in [2.24, 2.45) is 5.73 Å². The second-order valence-electron chi connectivity index (χ2n) is 2.66. The molecule has 0 bridgehead atoms. The Balaban J connectivity index is 2.47. The van der Waals surface area contributed by atoms with Crippen molar-refractivity contribution in [3.63, 3.8) is 0 Å². The molecule has 2 amide bonds. The number of nitrogens with two attached hydrogens (primary N) is 2. The zero-order valence-electron chi connectivity index (χ0n) is 7.77. The number of pyridine rings is 1. The van der Waals surface area contributed by atoms with E-state index in [0.29, 0.717) is 5.69 Å². The Morgan fingerprint density at radius 1 is 1.47 bits per heavy atom. The summed E-state index contributed by atoms with van der Waals surface area (Å²) in [7, 11) is 0. The predicted molar refractivity (Wildman–Crippen MR) is 51.3 cm³/mol. The van der Waals surface area contributed by atoms with Gasteiger partial charge in [-0.15, -0.1) is 0 Å². The molecule has 0 atom stereocenters. The van der Waals surface area contributed by atoms with Crippen LogP contribution in [0.3, 0.4) is 0 Å². The van der Waals surface area contributed by atoms with Gasteiger partial charge in [-0.3, -0.25) is 14.4 Å². The molecule has 80 valence electrons. The number of carbonyl (C=O) groups excluding carboxylic acids is 2. The van der Waals surface area contributed by atoms with Crippen LogP contribution in [0.5, 0.6) is 0 Å². The maximum Gasteiger partial charge on any atom is 0.293 e. The SMILES string of the molecule is NC(=O)CONC(=O)c1ccc(N)cn1. The third kappa shape index (κ3) is 3.61. The van der Waals surface area contributed by atoms with E-state index in [0.717, 1.165) is 0 Å². The second kappa shape index (κ2) is 4.91. The Labute approximate surface area is 85.4 Å². The van der Waals surface area contributed by atoms with E-state index in [1.807, 2.05) is 5.48 Å². The van der Waals surface area contributed by atoms with Gasteiger partial charge in [-0.2, -0.15) is 0 Å². The van der Waals surface area contributed by atoms with E-state index in [4.69, 9.17) is 11.5 Å². The van der Waals surface area contributed by atoms with Gasteiger partial charge in [-0.1, -0.05) is 0 Å². The minimum atomic E-state index is -0.680. The number of nitrogens with zero attached hydrogens (tertiary/aromatic N) is 1. The van der Waals surface area contributed by atoms with E-state index in [2.05, 4.69) is 9.82 Å². The number of hydroxylamine groups is 1. The monoisotopic (exact) mass is 210 g/mol. The lowest BCUT2D eigenvalue weighted by molar-refractivity contribution is -0.124. The first-order valence-electron chi connectivity index (χ1n) is 4.01. The van der Waals surface area contributed by atoms with Gasteiger partial charge in [0.05, 0.1) is 11.9 Å². The highest BCUT2D eigenvalue weighted by Gasteiger charge is 2.06. The van der Waals surface area contributed by atoms with Crippen LogP contribution >= 0.6 is 0 Å². The summed E-state index contributed by atoms with van der Waals surface area (Å²) in [5.74, 6) is -1.25. The first-order chi connectivity index (χ1) is 7.09. The van der Waals surface area contributed by atoms with Gasteiger partial charge < -0.3 is 11.5 Å². The lowest BCUT2D eigenvalue weighted by Gasteiger charge is -2.03. The fraction of sp³-hybridized carbons (Fsp3) is 0.125. The average molecular weight is 210 g/mol. The van der Waals surface area contributed by atoms with E-state index in [1.165, 1.54) is 18.3 Å². The Morgan fingerprint density at radius 3 is 2.73 bits per heavy atom. The average Bonchev–Trinajstić information content (AvgIpc) is 2.18. The second-order valence-corrected chi connectivity index (χ2v) is 2.66. The molecule has 0 aliphatic rings. The van der Waals surface area contributed by atoms with Crippen molar-refractivity contribution >= 4 is 17.5 Å². The Hall–Kier alpha value is -2.15. The number of nitrogens with one attached hydrogen (secondary N) is 1. The first kappa shape index (κ1) is 10.9. The van der Waals surface area contributed by atoms with Gasteiger partial charge >= 0.3 is 0 Å². The minimum absolute atomic E-state index is 0.133. The van der Waals surface area contributed by atoms with Crippen LogP contribution in [-0.4, -0.2) is 23.4 Å². The summed E-state index contributed by atoms with van der Waals surface area (Å²) >= 11 is 0. The van der Waals surface area contributed by atoms with E-state index in [9.17, 15) is 9.59 Å². The van der Waals surface area contributed by atoms with Crippen LogP contribution in [0.15, 0.2) is 18.3 Å². The summed E-state index contributed by atoms with van der Waals surface area (Å²) in [5, 5.41) is 0. The highest BCUT2D eigenvalue weighted by Crippen LogP contribution is 2.00. The number of hydrogen-bond acceptors (Lipinski definition) is 5. The van der Waals surface area contributed by atoms with Crippen LogP contribution in [0.2, 0.25) is 0 Å². The minimum Gasteiger partial charge on any atom is -0.397 e. The summed E-state index contributed by atoms with van der Waals surface area (Å²) in [4.78, 5) is 29.8. The topological polar surface area (TPSA) is 120 Å². The van der Waals surface area contributed by atoms with Crippen molar-refractivity contribution < 1.29 is 14.4 Å². The van der Waals surface area contributed by atoms with Crippen molar-refractivity contribution in [2.75, 3.05) is 12.3 Å². The van der Waals surface area contributed by atoms with Gasteiger partial charge in [0.2, 0.25) is 5.91 Å². The molecular formula is C8H10N4O3. The molecule has 0 aliphatic heterocycles. The van der Waals surface area contributed by atoms with Gasteiger partial charge in [0.25, 0.3) is 5.91 Å². The smallest absolute Gasteiger partial charge is 0.293 e. The van der Waals surface area contributed by atoms with Gasteiger partial charge in [0.1, 0.15) is 5.69 Å². The molecule has 15 heavy (non-hydrogen) atoms. The normalized spacial score (nSPS) is 9.60. The summed E-state index contributed by atoms with van der Waals surface area (Å²) in [5.41, 5.74) is 12.8. The Kier molecular flexibility index (Phi) is 3.58. The number of anilines is 1. The molecule has 1 heterocycles. The number of hydrogen-bond donors (Lipinski definition) is 3. The molecule has 5 N–H and O–H groups in total. The summed E-state index contributed by atoms with van der Waals surface area (Å²) in [6.07, 6.45) is 1.34. The molecule has 0 radical (unpaired) electrons. The van der Waals surface area contributed by atoms with Crippen molar-refractivity contribution in [1.82, 2.24) is 10.5 Å². The standard InChI is InChI=1S/C8H10N4O3/c9-5-1-2-6(11-3-5)8(14)12-15-4-7(10)13/h1-3H,4,9H2,(H2,10,13)(H,12,14). The van der Waals surface area contributed by atoms with Gasteiger partial charge in [0.15, 0.2) is 6.61 Å². The number of primary amides is 1. The van der Waals surface area contributed by atoms with Gasteiger partial charge in [0, 0.05) is 0 Å². The molecule has 1 aromatic heterocycles. The van der Waals surface area contributed by atoms with Crippen LogP contribution in [0, 0.1) is 0 Å². The van der Waals surface area contributed by atoms with Crippen molar-refractivity contribution in [2.45, 2.75) is 0 Å². The van der Waals surface area contributed by atoms with E-state index in [1.54, 1.807) is 0 Å². The third-order valence-electron chi connectivity index (χ3n) is 1.40. The van der Waals surface area contributed by atoms with E-state index >= 15 is 0 Å². The lowest BCUT2D eigenvalue weighted by Crippen LogP contribution is -2.29. The number of amides is 2. The summed E-state index contributed by atoms with van der Waals surface area (Å²) in [6.45, 7) is -0.388. The van der Waals surface area contributed by atoms with Gasteiger partial charge in [-0.05, 0) is 12.1 Å². The van der Waals surface area contributed by atoms with E-state index < -0.39 is 11.8 Å². The molecule has 0 unspecified atom stereocenters. The van der Waals surface area contributed by atoms with Crippen LogP contribution < -0.4 is 16.9 Å². The first-order valence-corrected chi connectivity index (χ1v) is 4.01. The zero-order valence-corrected chi connectivity index (χ0v) is 7.77. The fourth-order valence-corrected chi connectivity index (χ4v) is 0.765. The van der Waals surface area contributed by atoms with Crippen molar-refractivity contribution in [3.8, 4) is 0 Å². The van der Waals surface area contributed by atoms with Gasteiger partial charge in [-0.25, -0.2) is 10.5 Å². The number of aromatic nitrogens is 1. The van der Waals surface area contributed by atoms with Crippen LogP contribution in [0.4, 0.5) is 5.69 Å². The summed E-state index contributed by atoms with van der Waals surface area (Å²) in [6, 6.07) is 2.95. The highest BCUT2D eigenvalue weighted by molar-refractivity contribution is 5.91. The molecule has 0 aliphatic carbocycles. The molecule has 0 saturated heterocycles. The number of rotatable bonds is 4. The molecular weight excluding hydrogens is 200 g/mol. The molecule has 0 spiro atoms. The largest absolute Gasteiger partial charge is 0.397 e. The van der Waals surface area contributed by atoms with Crippen molar-refractivity contribution in [3.05, 3.63) is 24.0 Å². The Bertz CT molecular complexity index is 363. The molecule has 1 rings (SSSR count). The lowest BCUT2D eigenvalue weighted by atomic mass is 10.3. The molecule has 0 saturated carbocycles. The fourth-order valence-electron chi connectivity index (χ4n) is 0.765. The van der Waals surface area contributed by atoms with Crippen LogP contribution in [-0.2, 0) is 9.63 Å². The van der Waals surface area contributed by atoms with E-state index in [-0.39, 0.29) is 12.3 Å². The summed E-state index contributed by atoms with van der Waals surface area (Å²) < 4.78 is 0.